The van der Waals surface area contributed by atoms with E-state index in [0.29, 0.717) is 41.8 Å². The van der Waals surface area contributed by atoms with Gasteiger partial charge in [0.25, 0.3) is 0 Å². The zero-order valence-electron chi connectivity index (χ0n) is 19.0. The Hall–Kier alpha value is -3.70. The normalized spacial score (nSPS) is 14.5. The lowest BCUT2D eigenvalue weighted by Crippen LogP contribution is -2.37. The van der Waals surface area contributed by atoms with Gasteiger partial charge in [0, 0.05) is 38.3 Å². The molecule has 11 heteroatoms. The minimum Gasteiger partial charge on any atom is -0.493 e. The van der Waals surface area contributed by atoms with Gasteiger partial charge >= 0.3 is 0 Å². The molecule has 0 aliphatic carbocycles. The molecule has 0 bridgehead atoms. The van der Waals surface area contributed by atoms with Crippen LogP contribution in [-0.4, -0.2) is 69.2 Å². The summed E-state index contributed by atoms with van der Waals surface area (Å²) in [6.45, 7) is 7.91. The molecule has 0 atom stereocenters. The molecule has 1 aliphatic heterocycles. The van der Waals surface area contributed by atoms with Crippen LogP contribution in [0.1, 0.15) is 13.3 Å². The Morgan fingerprint density at radius 3 is 2.76 bits per heavy atom. The quantitative estimate of drug-likeness (QED) is 0.369. The average Bonchev–Trinajstić information content (AvgIpc) is 3.45. The minimum absolute atomic E-state index is 0.191. The number of hydrogen-bond donors (Lipinski definition) is 1. The molecule has 1 fully saturated rings. The van der Waals surface area contributed by atoms with Gasteiger partial charge in [0.2, 0.25) is 5.88 Å². The summed E-state index contributed by atoms with van der Waals surface area (Å²) in [6, 6.07) is 9.41. The number of nitrogens with zero attached hydrogens (tertiary/aromatic N) is 6. The number of aryl methyl sites for hydroxylation is 1. The highest BCUT2D eigenvalue weighted by Crippen LogP contribution is 2.30. The van der Waals surface area contributed by atoms with Crippen molar-refractivity contribution in [1.29, 1.82) is 0 Å². The van der Waals surface area contributed by atoms with Crippen molar-refractivity contribution in [2.24, 2.45) is 0 Å². The molecule has 34 heavy (non-hydrogen) atoms. The summed E-state index contributed by atoms with van der Waals surface area (Å²) in [4.78, 5) is 11.4. The molecule has 11 nitrogen and oxygen atoms in total. The van der Waals surface area contributed by atoms with E-state index in [9.17, 15) is 0 Å². The molecule has 5 rings (SSSR count). The van der Waals surface area contributed by atoms with Crippen LogP contribution < -0.4 is 15.2 Å². The van der Waals surface area contributed by atoms with E-state index in [1.54, 1.807) is 6.20 Å². The molecule has 1 aromatic carbocycles. The van der Waals surface area contributed by atoms with Crippen molar-refractivity contribution in [3.05, 3.63) is 36.5 Å². The van der Waals surface area contributed by atoms with Gasteiger partial charge in [-0.1, -0.05) is 6.07 Å². The summed E-state index contributed by atoms with van der Waals surface area (Å²) in [5.41, 5.74) is 7.81. The van der Waals surface area contributed by atoms with Crippen LogP contribution >= 0.6 is 0 Å². The first-order valence-electron chi connectivity index (χ1n) is 11.4. The number of pyridine rings is 1. The minimum atomic E-state index is 0.191. The molecule has 3 aromatic heterocycles. The SMILES string of the molecule is CCn1c(-c2nonc2N)nc2cnc(Oc3cccc(OCCCN4CCOCC4)c3)cc21. The Morgan fingerprint density at radius 2 is 1.97 bits per heavy atom. The van der Waals surface area contributed by atoms with Gasteiger partial charge in [-0.15, -0.1) is 0 Å². The van der Waals surface area contributed by atoms with E-state index in [0.717, 1.165) is 50.5 Å². The van der Waals surface area contributed by atoms with Gasteiger partial charge in [-0.3, -0.25) is 4.90 Å². The summed E-state index contributed by atoms with van der Waals surface area (Å²) in [5.74, 6) is 2.61. The number of aromatic nitrogens is 5. The van der Waals surface area contributed by atoms with E-state index in [-0.39, 0.29) is 5.82 Å². The van der Waals surface area contributed by atoms with Crippen LogP contribution in [0, 0.1) is 0 Å². The molecular formula is C23H27N7O4. The second-order valence-electron chi connectivity index (χ2n) is 7.92. The summed E-state index contributed by atoms with van der Waals surface area (Å²) in [6.07, 6.45) is 2.62. The largest absolute Gasteiger partial charge is 0.493 e. The van der Waals surface area contributed by atoms with Crippen LogP contribution in [0.25, 0.3) is 22.6 Å². The summed E-state index contributed by atoms with van der Waals surface area (Å²) in [7, 11) is 0. The van der Waals surface area contributed by atoms with Crippen LogP contribution in [0.4, 0.5) is 5.82 Å². The summed E-state index contributed by atoms with van der Waals surface area (Å²) in [5, 5.41) is 7.53. The molecule has 2 N–H and O–H groups in total. The Morgan fingerprint density at radius 1 is 1.12 bits per heavy atom. The molecule has 0 unspecified atom stereocenters. The number of anilines is 1. The predicted molar refractivity (Wildman–Crippen MR) is 125 cm³/mol. The van der Waals surface area contributed by atoms with E-state index in [1.165, 1.54) is 0 Å². The molecule has 0 spiro atoms. The molecule has 1 aliphatic rings. The van der Waals surface area contributed by atoms with E-state index in [4.69, 9.17) is 24.6 Å². The Kier molecular flexibility index (Phi) is 6.54. The number of rotatable bonds is 9. The molecule has 0 amide bonds. The van der Waals surface area contributed by atoms with Gasteiger partial charge in [0.15, 0.2) is 17.3 Å². The van der Waals surface area contributed by atoms with Gasteiger partial charge in [-0.05, 0) is 35.8 Å². The van der Waals surface area contributed by atoms with E-state index in [1.807, 2.05) is 41.8 Å². The zero-order chi connectivity index (χ0) is 23.3. The summed E-state index contributed by atoms with van der Waals surface area (Å²) < 4.78 is 24.0. The van der Waals surface area contributed by atoms with Crippen molar-refractivity contribution in [2.45, 2.75) is 19.9 Å². The smallest absolute Gasteiger partial charge is 0.221 e. The zero-order valence-corrected chi connectivity index (χ0v) is 19.0. The molecular weight excluding hydrogens is 438 g/mol. The lowest BCUT2D eigenvalue weighted by Gasteiger charge is -2.26. The Bertz CT molecular complexity index is 1250. The van der Waals surface area contributed by atoms with Crippen molar-refractivity contribution in [2.75, 3.05) is 45.2 Å². The maximum absolute atomic E-state index is 6.03. The third kappa shape index (κ3) is 4.80. The average molecular weight is 466 g/mol. The van der Waals surface area contributed by atoms with Crippen molar-refractivity contribution >= 4 is 16.9 Å². The van der Waals surface area contributed by atoms with Crippen LogP contribution in [0.5, 0.6) is 17.4 Å². The van der Waals surface area contributed by atoms with Gasteiger partial charge in [0.1, 0.15) is 17.0 Å². The molecule has 0 radical (unpaired) electrons. The second kappa shape index (κ2) is 10.1. The van der Waals surface area contributed by atoms with Crippen molar-refractivity contribution in [3.63, 3.8) is 0 Å². The highest BCUT2D eigenvalue weighted by molar-refractivity contribution is 5.81. The first kappa shape index (κ1) is 22.1. The molecule has 1 saturated heterocycles. The maximum atomic E-state index is 6.03. The third-order valence-electron chi connectivity index (χ3n) is 5.67. The van der Waals surface area contributed by atoms with Crippen molar-refractivity contribution < 1.29 is 18.8 Å². The highest BCUT2D eigenvalue weighted by Gasteiger charge is 2.19. The number of imidazole rings is 1. The van der Waals surface area contributed by atoms with Crippen LogP contribution in [0.3, 0.4) is 0 Å². The van der Waals surface area contributed by atoms with E-state index in [2.05, 4.69) is 25.2 Å². The monoisotopic (exact) mass is 465 g/mol. The van der Waals surface area contributed by atoms with Gasteiger partial charge in [-0.2, -0.15) is 0 Å². The van der Waals surface area contributed by atoms with Crippen LogP contribution in [0.2, 0.25) is 0 Å². The van der Waals surface area contributed by atoms with Gasteiger partial charge < -0.3 is 24.5 Å². The lowest BCUT2D eigenvalue weighted by atomic mass is 10.3. The van der Waals surface area contributed by atoms with Crippen LogP contribution in [-0.2, 0) is 11.3 Å². The van der Waals surface area contributed by atoms with E-state index < -0.39 is 0 Å². The lowest BCUT2D eigenvalue weighted by molar-refractivity contribution is 0.0358. The fourth-order valence-electron chi connectivity index (χ4n) is 3.97. The topological polar surface area (TPSA) is 127 Å². The number of hydrogen-bond acceptors (Lipinski definition) is 10. The highest BCUT2D eigenvalue weighted by atomic mass is 16.6. The number of morpholine rings is 1. The Balaban J connectivity index is 1.26. The first-order valence-corrected chi connectivity index (χ1v) is 11.4. The fraction of sp³-hybridized carbons (Fsp3) is 0.391. The molecule has 178 valence electrons. The maximum Gasteiger partial charge on any atom is 0.221 e. The van der Waals surface area contributed by atoms with Crippen LogP contribution in [0.15, 0.2) is 41.2 Å². The number of nitrogens with two attached hydrogens (primary N) is 1. The van der Waals surface area contributed by atoms with Gasteiger partial charge in [-0.25, -0.2) is 14.6 Å². The molecule has 4 aromatic rings. The van der Waals surface area contributed by atoms with Gasteiger partial charge in [0.05, 0.1) is 31.5 Å². The number of ether oxygens (including phenoxy) is 3. The molecule has 4 heterocycles. The standard InChI is InChI=1S/C23H27N7O4/c1-2-30-19-14-20(25-15-18(19)26-23(30)21-22(24)28-34-27-21)33-17-6-3-5-16(13-17)32-10-4-7-29-8-11-31-12-9-29/h3,5-6,13-15H,2,4,7-12H2,1H3,(H2,24,28). The third-order valence-corrected chi connectivity index (χ3v) is 5.67. The first-order chi connectivity index (χ1) is 16.7. The van der Waals surface area contributed by atoms with Crippen molar-refractivity contribution in [1.82, 2.24) is 29.7 Å². The number of benzene rings is 1. The van der Waals surface area contributed by atoms with Crippen molar-refractivity contribution in [3.8, 4) is 28.9 Å². The fourth-order valence-corrected chi connectivity index (χ4v) is 3.97. The Labute approximate surface area is 196 Å². The second-order valence-corrected chi connectivity index (χ2v) is 7.92. The predicted octanol–water partition coefficient (Wildman–Crippen LogP) is 2.98. The number of nitrogen functional groups attached to an aromatic ring is 1. The molecule has 0 saturated carbocycles. The summed E-state index contributed by atoms with van der Waals surface area (Å²) >= 11 is 0. The van der Waals surface area contributed by atoms with E-state index >= 15 is 0 Å². The number of fused-ring (bicyclic) bond motifs is 1.